The molecule has 0 spiro atoms. The molecule has 3 aromatic carbocycles. The van der Waals surface area contributed by atoms with E-state index < -0.39 is 0 Å². The Morgan fingerprint density at radius 1 is 0.800 bits per heavy atom. The lowest BCUT2D eigenvalue weighted by atomic mass is 9.78. The predicted octanol–water partition coefficient (Wildman–Crippen LogP) is 9.96. The average Bonchev–Trinajstić information content (AvgIpc) is 2.92. The second-order valence-corrected chi connectivity index (χ2v) is 10.3. The summed E-state index contributed by atoms with van der Waals surface area (Å²) in [5.74, 6) is 0.511. The smallest absolute Gasteiger partial charge is 0.00764 e. The molecule has 5 rings (SSSR count). The molecule has 0 nitrogen and oxygen atoms in total. The van der Waals surface area contributed by atoms with Crippen LogP contribution in [-0.2, 0) is 12.8 Å². The van der Waals surface area contributed by atoms with E-state index in [1.54, 1.807) is 0 Å². The van der Waals surface area contributed by atoms with Crippen LogP contribution in [0.2, 0.25) is 0 Å². The molecule has 3 aromatic rings. The molecule has 0 fully saturated rings. The fourth-order valence-electron chi connectivity index (χ4n) is 5.83. The number of aryl methyl sites for hydroxylation is 3. The van der Waals surface area contributed by atoms with Crippen LogP contribution in [0.25, 0.3) is 28.3 Å². The Kier molecular flexibility index (Phi) is 6.91. The second-order valence-electron chi connectivity index (χ2n) is 10.3. The van der Waals surface area contributed by atoms with E-state index in [4.69, 9.17) is 0 Å². The molecule has 0 heteroatoms. The lowest BCUT2D eigenvalue weighted by Gasteiger charge is -2.26. The van der Waals surface area contributed by atoms with E-state index in [9.17, 15) is 0 Å². The van der Waals surface area contributed by atoms with Crippen LogP contribution in [0.5, 0.6) is 0 Å². The van der Waals surface area contributed by atoms with Gasteiger partial charge in [0, 0.05) is 0 Å². The van der Waals surface area contributed by atoms with Crippen LogP contribution in [-0.4, -0.2) is 0 Å². The maximum atomic E-state index is 2.41. The van der Waals surface area contributed by atoms with Gasteiger partial charge in [0.15, 0.2) is 0 Å². The molecule has 0 N–H and O–H groups in total. The van der Waals surface area contributed by atoms with Crippen molar-refractivity contribution < 1.29 is 0 Å². The van der Waals surface area contributed by atoms with Crippen LogP contribution in [0.1, 0.15) is 91.3 Å². The number of hydrogen-bond donors (Lipinski definition) is 0. The highest BCUT2D eigenvalue weighted by atomic mass is 14.3. The number of fused-ring (bicyclic) bond motifs is 1. The van der Waals surface area contributed by atoms with Gasteiger partial charge in [-0.15, -0.1) is 0 Å². The first kappa shape index (κ1) is 23.6. The van der Waals surface area contributed by atoms with Gasteiger partial charge >= 0.3 is 0 Å². The Bertz CT molecular complexity index is 1310. The first-order chi connectivity index (χ1) is 17.1. The molecular weight excluding hydrogens is 420 g/mol. The predicted molar refractivity (Wildman–Crippen MR) is 154 cm³/mol. The fraction of sp³-hybridized carbons (Fsp3) is 0.314. The molecule has 0 heterocycles. The molecule has 2 aliphatic rings. The topological polar surface area (TPSA) is 0 Å². The highest BCUT2D eigenvalue weighted by Crippen LogP contribution is 2.43. The SMILES string of the molecule is CCc1ccc(C2=CC=C(c3cccc(-c4c(C)ccc5c4C=CCC5)c3C(C)CC)CC2)cc1. The number of allylic oxidation sites excluding steroid dienone is 5. The lowest BCUT2D eigenvalue weighted by molar-refractivity contribution is 0.732. The van der Waals surface area contributed by atoms with Crippen molar-refractivity contribution >= 4 is 17.2 Å². The minimum atomic E-state index is 0.511. The number of rotatable bonds is 6. The summed E-state index contributed by atoms with van der Waals surface area (Å²) < 4.78 is 0. The van der Waals surface area contributed by atoms with Gasteiger partial charge in [-0.25, -0.2) is 0 Å². The largest absolute Gasteiger partial charge is 0.0836 e. The molecule has 0 radical (unpaired) electrons. The molecular formula is C35H38. The van der Waals surface area contributed by atoms with Crippen LogP contribution in [0.15, 0.2) is 72.8 Å². The van der Waals surface area contributed by atoms with Crippen molar-refractivity contribution in [1.82, 2.24) is 0 Å². The summed E-state index contributed by atoms with van der Waals surface area (Å²) in [6.07, 6.45) is 16.2. The van der Waals surface area contributed by atoms with E-state index >= 15 is 0 Å². The number of benzene rings is 3. The quantitative estimate of drug-likeness (QED) is 0.345. The molecule has 1 unspecified atom stereocenters. The van der Waals surface area contributed by atoms with Crippen molar-refractivity contribution in [2.24, 2.45) is 0 Å². The van der Waals surface area contributed by atoms with Gasteiger partial charge in [-0.1, -0.05) is 99.7 Å². The second kappa shape index (κ2) is 10.2. The van der Waals surface area contributed by atoms with Crippen LogP contribution in [0.4, 0.5) is 0 Å². The van der Waals surface area contributed by atoms with Crippen molar-refractivity contribution in [2.75, 3.05) is 0 Å². The van der Waals surface area contributed by atoms with Gasteiger partial charge < -0.3 is 0 Å². The van der Waals surface area contributed by atoms with Crippen LogP contribution < -0.4 is 0 Å². The molecule has 35 heavy (non-hydrogen) atoms. The van der Waals surface area contributed by atoms with Crippen molar-refractivity contribution in [3.8, 4) is 11.1 Å². The summed E-state index contributed by atoms with van der Waals surface area (Å²) in [6, 6.07) is 20.8. The maximum absolute atomic E-state index is 2.41. The van der Waals surface area contributed by atoms with Gasteiger partial charge in [0.05, 0.1) is 0 Å². The third-order valence-electron chi connectivity index (χ3n) is 8.12. The third-order valence-corrected chi connectivity index (χ3v) is 8.12. The van der Waals surface area contributed by atoms with Gasteiger partial charge in [0.25, 0.3) is 0 Å². The first-order valence-corrected chi connectivity index (χ1v) is 13.5. The molecule has 0 amide bonds. The highest BCUT2D eigenvalue weighted by molar-refractivity contribution is 5.87. The highest BCUT2D eigenvalue weighted by Gasteiger charge is 2.22. The Labute approximate surface area is 212 Å². The molecule has 0 aliphatic heterocycles. The van der Waals surface area contributed by atoms with E-state index in [2.05, 4.69) is 107 Å². The van der Waals surface area contributed by atoms with Gasteiger partial charge in [0.2, 0.25) is 0 Å². The van der Waals surface area contributed by atoms with E-state index in [1.165, 1.54) is 61.2 Å². The summed E-state index contributed by atoms with van der Waals surface area (Å²) in [5.41, 5.74) is 15.9. The van der Waals surface area contributed by atoms with Gasteiger partial charge in [-0.05, 0) is 113 Å². The standard InChI is InChI=1S/C35H38/c1-5-24(3)34-32(30-22-20-28(21-23-30)27-18-15-26(6-2)16-19-27)12-9-13-33(34)35-25(4)14-17-29-10-7-8-11-31(29)35/h8-9,11-20,22,24H,5-7,10,21,23H2,1-4H3. The minimum absolute atomic E-state index is 0.511. The number of hydrogen-bond acceptors (Lipinski definition) is 0. The minimum Gasteiger partial charge on any atom is -0.0836 e. The zero-order chi connectivity index (χ0) is 24.4. The summed E-state index contributed by atoms with van der Waals surface area (Å²) >= 11 is 0. The summed E-state index contributed by atoms with van der Waals surface area (Å²) in [6.45, 7) is 9.23. The van der Waals surface area contributed by atoms with Crippen LogP contribution in [0.3, 0.4) is 0 Å². The molecule has 0 saturated heterocycles. The van der Waals surface area contributed by atoms with E-state index in [1.807, 2.05) is 0 Å². The van der Waals surface area contributed by atoms with Crippen molar-refractivity contribution in [3.63, 3.8) is 0 Å². The monoisotopic (exact) mass is 458 g/mol. The molecule has 1 atom stereocenters. The maximum Gasteiger partial charge on any atom is -0.00764 e. The zero-order valence-electron chi connectivity index (χ0n) is 21.8. The fourth-order valence-corrected chi connectivity index (χ4v) is 5.83. The first-order valence-electron chi connectivity index (χ1n) is 13.5. The molecule has 0 bridgehead atoms. The van der Waals surface area contributed by atoms with Gasteiger partial charge in [-0.3, -0.25) is 0 Å². The molecule has 2 aliphatic carbocycles. The van der Waals surface area contributed by atoms with E-state index in [0.717, 1.165) is 38.5 Å². The summed E-state index contributed by atoms with van der Waals surface area (Å²) in [4.78, 5) is 0. The molecule has 178 valence electrons. The Hall–Kier alpha value is -3.12. The average molecular weight is 459 g/mol. The van der Waals surface area contributed by atoms with Crippen LogP contribution >= 0.6 is 0 Å². The Morgan fingerprint density at radius 2 is 1.54 bits per heavy atom. The van der Waals surface area contributed by atoms with Crippen molar-refractivity contribution in [1.29, 1.82) is 0 Å². The summed E-state index contributed by atoms with van der Waals surface area (Å²) in [5, 5.41) is 0. The van der Waals surface area contributed by atoms with Crippen molar-refractivity contribution in [3.05, 3.63) is 112 Å². The van der Waals surface area contributed by atoms with Gasteiger partial charge in [-0.2, -0.15) is 0 Å². The third kappa shape index (κ3) is 4.59. The van der Waals surface area contributed by atoms with E-state index in [-0.39, 0.29) is 0 Å². The Balaban J connectivity index is 1.61. The zero-order valence-corrected chi connectivity index (χ0v) is 21.8. The van der Waals surface area contributed by atoms with E-state index in [0.29, 0.717) is 5.92 Å². The normalized spacial score (nSPS) is 15.9. The van der Waals surface area contributed by atoms with Gasteiger partial charge in [0.1, 0.15) is 0 Å². The molecule has 0 aromatic heterocycles. The summed E-state index contributed by atoms with van der Waals surface area (Å²) in [7, 11) is 0. The van der Waals surface area contributed by atoms with Crippen molar-refractivity contribution in [2.45, 2.75) is 72.1 Å². The Morgan fingerprint density at radius 3 is 2.26 bits per heavy atom. The molecule has 0 saturated carbocycles. The lowest BCUT2D eigenvalue weighted by Crippen LogP contribution is -2.06. The van der Waals surface area contributed by atoms with Crippen LogP contribution in [0, 0.1) is 6.92 Å².